The normalized spacial score (nSPS) is 9.47. The number of carbonyl (C=O) groups is 1. The van der Waals surface area contributed by atoms with Gasteiger partial charge in [-0.3, -0.25) is 4.68 Å². The lowest BCUT2D eigenvalue weighted by atomic mass is 10.4. The number of hydrogen-bond acceptors (Lipinski definition) is 4. The van der Waals surface area contributed by atoms with Crippen LogP contribution in [0.25, 0.3) is 0 Å². The second-order valence-corrected chi connectivity index (χ2v) is 3.22. The number of hydrogen-bond donors (Lipinski definition) is 0. The van der Waals surface area contributed by atoms with E-state index in [2.05, 4.69) is 16.4 Å². The minimum absolute atomic E-state index is 0.0377. The van der Waals surface area contributed by atoms with Gasteiger partial charge in [-0.1, -0.05) is 23.2 Å². The largest absolute Gasteiger partial charge is 0.412 e. The van der Waals surface area contributed by atoms with Gasteiger partial charge in [-0.15, -0.1) is 0 Å². The van der Waals surface area contributed by atoms with E-state index in [1.165, 1.54) is 11.7 Å². The van der Waals surface area contributed by atoms with Crippen molar-refractivity contribution in [2.45, 2.75) is 0 Å². The Morgan fingerprint density at radius 3 is 2.67 bits per heavy atom. The minimum atomic E-state index is -0.857. The zero-order valence-corrected chi connectivity index (χ0v) is 9.13. The average Bonchev–Trinajstić information content (AvgIpc) is 2.41. The highest BCUT2D eigenvalue weighted by Gasteiger charge is 2.22. The highest BCUT2D eigenvalue weighted by atomic mass is 35.5. The second-order valence-electron chi connectivity index (χ2n) is 2.50. The summed E-state index contributed by atoms with van der Waals surface area (Å²) in [5.41, 5.74) is -0.0859. The van der Waals surface area contributed by atoms with E-state index in [-0.39, 0.29) is 21.6 Å². The fourth-order valence-corrected chi connectivity index (χ4v) is 1.36. The number of carbonyl (C=O) groups excluding carboxylic acids is 1. The molecule has 0 unspecified atom stereocenters. The molecule has 0 atom stereocenters. The van der Waals surface area contributed by atoms with E-state index in [9.17, 15) is 4.79 Å². The van der Waals surface area contributed by atoms with E-state index < -0.39 is 5.97 Å². The summed E-state index contributed by atoms with van der Waals surface area (Å²) in [6.07, 6.45) is 0. The van der Waals surface area contributed by atoms with Crippen LogP contribution in [-0.4, -0.2) is 15.7 Å². The standard InChI is InChI=1S/C8H5Cl2N3O2/c1-4(3-11)15-8(14)5-6(9)12-13(2)7(5)10/h1H2,2H3. The number of esters is 1. The smallest absolute Gasteiger partial charge is 0.350 e. The Balaban J connectivity index is 3.02. The number of nitrogens with zero attached hydrogens (tertiary/aromatic N) is 3. The molecule has 0 fully saturated rings. The lowest BCUT2D eigenvalue weighted by Crippen LogP contribution is -2.04. The molecule has 5 nitrogen and oxygen atoms in total. The highest BCUT2D eigenvalue weighted by molar-refractivity contribution is 6.38. The number of rotatable bonds is 2. The van der Waals surface area contributed by atoms with E-state index in [4.69, 9.17) is 28.5 Å². The molecule has 0 N–H and O–H groups in total. The van der Waals surface area contributed by atoms with Crippen LogP contribution in [-0.2, 0) is 11.8 Å². The van der Waals surface area contributed by atoms with Gasteiger partial charge in [0.25, 0.3) is 0 Å². The number of nitriles is 1. The third kappa shape index (κ3) is 2.29. The summed E-state index contributed by atoms with van der Waals surface area (Å²) in [5.74, 6) is -1.19. The molecule has 0 bridgehead atoms. The van der Waals surface area contributed by atoms with Crippen LogP contribution in [0.2, 0.25) is 10.3 Å². The predicted molar refractivity (Wildman–Crippen MR) is 53.4 cm³/mol. The molecule has 0 aliphatic heterocycles. The van der Waals surface area contributed by atoms with Gasteiger partial charge >= 0.3 is 5.97 Å². The van der Waals surface area contributed by atoms with Gasteiger partial charge in [-0.25, -0.2) is 4.79 Å². The molecule has 0 saturated carbocycles. The van der Waals surface area contributed by atoms with Gasteiger partial charge < -0.3 is 4.74 Å². The summed E-state index contributed by atoms with van der Waals surface area (Å²) in [4.78, 5) is 11.4. The van der Waals surface area contributed by atoms with Crippen molar-refractivity contribution >= 4 is 29.2 Å². The van der Waals surface area contributed by atoms with Crippen molar-refractivity contribution in [3.63, 3.8) is 0 Å². The molecule has 1 aromatic heterocycles. The zero-order chi connectivity index (χ0) is 11.6. The summed E-state index contributed by atoms with van der Waals surface area (Å²) in [5, 5.41) is 12.0. The fourth-order valence-electron chi connectivity index (χ4n) is 0.827. The Morgan fingerprint density at radius 2 is 2.27 bits per heavy atom. The molecule has 7 heteroatoms. The molecule has 1 aromatic rings. The third-order valence-electron chi connectivity index (χ3n) is 1.48. The van der Waals surface area contributed by atoms with E-state index in [0.29, 0.717) is 0 Å². The van der Waals surface area contributed by atoms with Crippen molar-refractivity contribution in [3.8, 4) is 6.07 Å². The number of ether oxygens (including phenoxy) is 1. The van der Waals surface area contributed by atoms with Crippen molar-refractivity contribution in [2.75, 3.05) is 0 Å². The molecular weight excluding hydrogens is 241 g/mol. The number of allylic oxidation sites excluding steroid dienone is 1. The van der Waals surface area contributed by atoms with E-state index in [1.54, 1.807) is 6.07 Å². The molecule has 15 heavy (non-hydrogen) atoms. The summed E-state index contributed by atoms with van der Waals surface area (Å²) in [6, 6.07) is 1.56. The minimum Gasteiger partial charge on any atom is -0.412 e. The number of halogens is 2. The lowest BCUT2D eigenvalue weighted by Gasteiger charge is -1.99. The second kappa shape index (κ2) is 4.34. The van der Waals surface area contributed by atoms with Crippen LogP contribution in [0, 0.1) is 11.3 Å². The van der Waals surface area contributed by atoms with Crippen LogP contribution in [0.5, 0.6) is 0 Å². The lowest BCUT2D eigenvalue weighted by molar-refractivity contribution is 0.0641. The van der Waals surface area contributed by atoms with Crippen LogP contribution in [0.4, 0.5) is 0 Å². The molecule has 0 saturated heterocycles. The van der Waals surface area contributed by atoms with Gasteiger partial charge in [0.1, 0.15) is 16.8 Å². The molecule has 0 radical (unpaired) electrons. The first kappa shape index (κ1) is 11.6. The summed E-state index contributed by atoms with van der Waals surface area (Å²) >= 11 is 11.4. The molecule has 0 aliphatic rings. The average molecular weight is 246 g/mol. The Labute approximate surface area is 95.4 Å². The van der Waals surface area contributed by atoms with Crippen LogP contribution >= 0.6 is 23.2 Å². The predicted octanol–water partition coefficient (Wildman–Crippen LogP) is 1.92. The first-order chi connectivity index (χ1) is 6.97. The van der Waals surface area contributed by atoms with Gasteiger partial charge in [0, 0.05) is 7.05 Å². The van der Waals surface area contributed by atoms with Gasteiger partial charge in [0.2, 0.25) is 5.76 Å². The van der Waals surface area contributed by atoms with Crippen LogP contribution < -0.4 is 0 Å². The van der Waals surface area contributed by atoms with Crippen LogP contribution in [0.1, 0.15) is 10.4 Å². The van der Waals surface area contributed by atoms with Crippen molar-refractivity contribution in [2.24, 2.45) is 7.05 Å². The van der Waals surface area contributed by atoms with Gasteiger partial charge in [-0.2, -0.15) is 10.4 Å². The van der Waals surface area contributed by atoms with Crippen LogP contribution in [0.3, 0.4) is 0 Å². The van der Waals surface area contributed by atoms with Gasteiger partial charge in [0.05, 0.1) is 0 Å². The van der Waals surface area contributed by atoms with E-state index >= 15 is 0 Å². The quantitative estimate of drug-likeness (QED) is 0.454. The molecule has 0 amide bonds. The number of aryl methyl sites for hydroxylation is 1. The van der Waals surface area contributed by atoms with E-state index in [0.717, 1.165) is 0 Å². The fraction of sp³-hybridized carbons (Fsp3) is 0.125. The SMILES string of the molecule is C=C(C#N)OC(=O)c1c(Cl)nn(C)c1Cl. The molecular formula is C8H5Cl2N3O2. The summed E-state index contributed by atoms with van der Waals surface area (Å²) < 4.78 is 5.76. The zero-order valence-electron chi connectivity index (χ0n) is 7.62. The Bertz CT molecular complexity index is 473. The van der Waals surface area contributed by atoms with Crippen molar-refractivity contribution in [1.82, 2.24) is 9.78 Å². The molecule has 0 aliphatic carbocycles. The van der Waals surface area contributed by atoms with Crippen molar-refractivity contribution in [1.29, 1.82) is 5.26 Å². The molecule has 1 heterocycles. The molecule has 1 rings (SSSR count). The maximum atomic E-state index is 11.4. The Morgan fingerprint density at radius 1 is 1.67 bits per heavy atom. The first-order valence-electron chi connectivity index (χ1n) is 3.66. The number of aromatic nitrogens is 2. The third-order valence-corrected chi connectivity index (χ3v) is 2.18. The summed E-state index contributed by atoms with van der Waals surface area (Å²) in [7, 11) is 1.52. The van der Waals surface area contributed by atoms with E-state index in [1.807, 2.05) is 0 Å². The maximum absolute atomic E-state index is 11.4. The Hall–Kier alpha value is -1.51. The van der Waals surface area contributed by atoms with Gasteiger partial charge in [0.15, 0.2) is 5.15 Å². The van der Waals surface area contributed by atoms with Gasteiger partial charge in [-0.05, 0) is 6.58 Å². The molecule has 78 valence electrons. The highest BCUT2D eigenvalue weighted by Crippen LogP contribution is 2.24. The monoisotopic (exact) mass is 245 g/mol. The molecule has 0 aromatic carbocycles. The van der Waals surface area contributed by atoms with Crippen LogP contribution in [0.15, 0.2) is 12.3 Å². The molecule has 0 spiro atoms. The Kier molecular flexibility index (Phi) is 3.35. The first-order valence-corrected chi connectivity index (χ1v) is 4.42. The topological polar surface area (TPSA) is 67.9 Å². The van der Waals surface area contributed by atoms with Crippen molar-refractivity contribution in [3.05, 3.63) is 28.2 Å². The maximum Gasteiger partial charge on any atom is 0.350 e. The van der Waals surface area contributed by atoms with Crippen molar-refractivity contribution < 1.29 is 9.53 Å². The summed E-state index contributed by atoms with van der Waals surface area (Å²) in [6.45, 7) is 3.19.